The van der Waals surface area contributed by atoms with Crippen molar-refractivity contribution < 1.29 is 4.42 Å². The fraction of sp³-hybridized carbons (Fsp3) is 0.462. The molecule has 17 heavy (non-hydrogen) atoms. The number of nitrogens with zero attached hydrogens (tertiary/aromatic N) is 1. The summed E-state index contributed by atoms with van der Waals surface area (Å²) in [5.74, 6) is 1.81. The van der Waals surface area contributed by atoms with Crippen LogP contribution in [0.1, 0.15) is 19.1 Å². The van der Waals surface area contributed by atoms with Gasteiger partial charge in [-0.15, -0.1) is 6.58 Å². The summed E-state index contributed by atoms with van der Waals surface area (Å²) < 4.78 is 5.26. The molecule has 0 aliphatic rings. The Morgan fingerprint density at radius 1 is 1.53 bits per heavy atom. The molecule has 0 bridgehead atoms. The maximum Gasteiger partial charge on any atom is 0.191 e. The maximum atomic E-state index is 5.26. The van der Waals surface area contributed by atoms with Crippen molar-refractivity contribution in [2.24, 2.45) is 4.99 Å². The minimum Gasteiger partial charge on any atom is -0.469 e. The molecule has 1 heterocycles. The van der Waals surface area contributed by atoms with E-state index in [0.717, 1.165) is 44.2 Å². The quantitative estimate of drug-likeness (QED) is 0.431. The van der Waals surface area contributed by atoms with E-state index >= 15 is 0 Å². The first-order chi connectivity index (χ1) is 8.36. The van der Waals surface area contributed by atoms with Gasteiger partial charge >= 0.3 is 0 Å². The molecule has 0 spiro atoms. The van der Waals surface area contributed by atoms with E-state index < -0.39 is 0 Å². The van der Waals surface area contributed by atoms with Crippen molar-refractivity contribution in [3.63, 3.8) is 0 Å². The Kier molecular flexibility index (Phi) is 6.63. The predicted molar refractivity (Wildman–Crippen MR) is 71.2 cm³/mol. The third kappa shape index (κ3) is 5.80. The van der Waals surface area contributed by atoms with Crippen LogP contribution in [0, 0.1) is 0 Å². The molecular formula is C13H21N3O. The summed E-state index contributed by atoms with van der Waals surface area (Å²) >= 11 is 0. The van der Waals surface area contributed by atoms with Crippen LogP contribution in [-0.4, -0.2) is 25.6 Å². The van der Waals surface area contributed by atoms with Crippen LogP contribution >= 0.6 is 0 Å². The molecule has 0 amide bonds. The zero-order valence-corrected chi connectivity index (χ0v) is 10.4. The van der Waals surface area contributed by atoms with Crippen molar-refractivity contribution in [3.8, 4) is 0 Å². The molecule has 0 saturated heterocycles. The smallest absolute Gasteiger partial charge is 0.191 e. The fourth-order valence-electron chi connectivity index (χ4n) is 1.33. The molecule has 2 N–H and O–H groups in total. The summed E-state index contributed by atoms with van der Waals surface area (Å²) in [5.41, 5.74) is 0. The number of nitrogens with one attached hydrogen (secondary N) is 2. The summed E-state index contributed by atoms with van der Waals surface area (Å²) in [5, 5.41) is 6.43. The van der Waals surface area contributed by atoms with Crippen molar-refractivity contribution in [2.45, 2.75) is 19.8 Å². The summed E-state index contributed by atoms with van der Waals surface area (Å²) in [7, 11) is 0. The van der Waals surface area contributed by atoms with Gasteiger partial charge in [0, 0.05) is 26.1 Å². The van der Waals surface area contributed by atoms with Gasteiger partial charge in [-0.2, -0.15) is 0 Å². The van der Waals surface area contributed by atoms with E-state index in [9.17, 15) is 0 Å². The summed E-state index contributed by atoms with van der Waals surface area (Å²) in [6, 6.07) is 3.87. The van der Waals surface area contributed by atoms with E-state index in [1.165, 1.54) is 0 Å². The third-order valence-corrected chi connectivity index (χ3v) is 2.15. The van der Waals surface area contributed by atoms with Crippen molar-refractivity contribution in [3.05, 3.63) is 36.8 Å². The van der Waals surface area contributed by atoms with Crippen molar-refractivity contribution in [1.29, 1.82) is 0 Å². The summed E-state index contributed by atoms with van der Waals surface area (Å²) in [6.45, 7) is 8.13. The van der Waals surface area contributed by atoms with Gasteiger partial charge in [-0.3, -0.25) is 4.99 Å². The fourth-order valence-corrected chi connectivity index (χ4v) is 1.33. The van der Waals surface area contributed by atoms with Gasteiger partial charge in [0.15, 0.2) is 5.96 Å². The van der Waals surface area contributed by atoms with Gasteiger partial charge in [0.1, 0.15) is 5.76 Å². The predicted octanol–water partition coefficient (Wildman–Crippen LogP) is 1.95. The molecular weight excluding hydrogens is 214 g/mol. The Balaban J connectivity index is 2.29. The molecule has 0 aromatic carbocycles. The molecule has 0 unspecified atom stereocenters. The highest BCUT2D eigenvalue weighted by Crippen LogP contribution is 1.99. The molecule has 0 atom stereocenters. The van der Waals surface area contributed by atoms with Crippen LogP contribution in [0.4, 0.5) is 0 Å². The zero-order chi connectivity index (χ0) is 12.3. The lowest BCUT2D eigenvalue weighted by atomic mass is 10.3. The molecule has 4 heteroatoms. The second-order valence-electron chi connectivity index (χ2n) is 3.66. The van der Waals surface area contributed by atoms with Crippen molar-refractivity contribution in [2.75, 3.05) is 19.6 Å². The standard InChI is InChI=1S/C13H21N3O/c1-3-8-14-13(15-9-4-2)16-10-7-12-6-5-11-17-12/h3,5-6,11H,1,4,7-10H2,2H3,(H2,14,15,16). The van der Waals surface area contributed by atoms with Crippen LogP contribution in [-0.2, 0) is 6.42 Å². The first-order valence-corrected chi connectivity index (χ1v) is 6.02. The first kappa shape index (κ1) is 13.4. The van der Waals surface area contributed by atoms with E-state index in [4.69, 9.17) is 4.42 Å². The molecule has 1 rings (SSSR count). The van der Waals surface area contributed by atoms with Gasteiger partial charge in [-0.05, 0) is 18.6 Å². The van der Waals surface area contributed by atoms with Crippen LogP contribution in [0.2, 0.25) is 0 Å². The molecule has 0 saturated carbocycles. The van der Waals surface area contributed by atoms with E-state index in [-0.39, 0.29) is 0 Å². The Hall–Kier alpha value is -1.71. The van der Waals surface area contributed by atoms with Crippen molar-refractivity contribution >= 4 is 5.96 Å². The lowest BCUT2D eigenvalue weighted by Gasteiger charge is -2.10. The highest BCUT2D eigenvalue weighted by molar-refractivity contribution is 5.79. The Morgan fingerprint density at radius 3 is 3.06 bits per heavy atom. The lowest BCUT2D eigenvalue weighted by molar-refractivity contribution is 0.507. The number of hydrogen-bond acceptors (Lipinski definition) is 2. The minimum absolute atomic E-state index is 0.719. The zero-order valence-electron chi connectivity index (χ0n) is 10.4. The second kappa shape index (κ2) is 8.44. The molecule has 0 aliphatic carbocycles. The largest absolute Gasteiger partial charge is 0.469 e. The molecule has 94 valence electrons. The van der Waals surface area contributed by atoms with Crippen molar-refractivity contribution in [1.82, 2.24) is 10.6 Å². The normalized spacial score (nSPS) is 11.2. The van der Waals surface area contributed by atoms with E-state index in [2.05, 4.69) is 29.1 Å². The van der Waals surface area contributed by atoms with E-state index in [0.29, 0.717) is 0 Å². The average Bonchev–Trinajstić information content (AvgIpc) is 2.85. The van der Waals surface area contributed by atoms with Gasteiger partial charge in [0.05, 0.1) is 6.26 Å². The average molecular weight is 235 g/mol. The second-order valence-corrected chi connectivity index (χ2v) is 3.66. The maximum absolute atomic E-state index is 5.26. The van der Waals surface area contributed by atoms with E-state index in [1.54, 1.807) is 6.26 Å². The number of guanidine groups is 1. The molecule has 0 aliphatic heterocycles. The van der Waals surface area contributed by atoms with Gasteiger partial charge in [-0.25, -0.2) is 0 Å². The van der Waals surface area contributed by atoms with Gasteiger partial charge in [0.25, 0.3) is 0 Å². The van der Waals surface area contributed by atoms with Crippen LogP contribution < -0.4 is 10.6 Å². The van der Waals surface area contributed by atoms with Crippen LogP contribution in [0.3, 0.4) is 0 Å². The third-order valence-electron chi connectivity index (χ3n) is 2.15. The van der Waals surface area contributed by atoms with Gasteiger partial charge < -0.3 is 15.1 Å². The SMILES string of the molecule is C=CCNC(=NCCC)NCCc1ccco1. The Morgan fingerprint density at radius 2 is 2.41 bits per heavy atom. The molecule has 1 aromatic heterocycles. The topological polar surface area (TPSA) is 49.6 Å². The van der Waals surface area contributed by atoms with E-state index in [1.807, 2.05) is 18.2 Å². The van der Waals surface area contributed by atoms with Crippen LogP contribution in [0.15, 0.2) is 40.5 Å². The summed E-state index contributed by atoms with van der Waals surface area (Å²) in [6.07, 6.45) is 5.40. The minimum atomic E-state index is 0.719. The lowest BCUT2D eigenvalue weighted by Crippen LogP contribution is -2.38. The molecule has 1 aromatic rings. The number of aliphatic imine (C=N–C) groups is 1. The Labute approximate surface area is 103 Å². The molecule has 4 nitrogen and oxygen atoms in total. The highest BCUT2D eigenvalue weighted by Gasteiger charge is 1.98. The summed E-state index contributed by atoms with van der Waals surface area (Å²) in [4.78, 5) is 4.41. The number of rotatable bonds is 7. The number of furan rings is 1. The van der Waals surface area contributed by atoms with Gasteiger partial charge in [-0.1, -0.05) is 13.0 Å². The molecule has 0 radical (unpaired) electrons. The van der Waals surface area contributed by atoms with Crippen LogP contribution in [0.25, 0.3) is 0 Å². The highest BCUT2D eigenvalue weighted by atomic mass is 16.3. The first-order valence-electron chi connectivity index (χ1n) is 6.02. The Bertz CT molecular complexity index is 330. The monoisotopic (exact) mass is 235 g/mol. The van der Waals surface area contributed by atoms with Crippen LogP contribution in [0.5, 0.6) is 0 Å². The number of hydrogen-bond donors (Lipinski definition) is 2. The van der Waals surface area contributed by atoms with Gasteiger partial charge in [0.2, 0.25) is 0 Å². The molecule has 0 fully saturated rings.